The summed E-state index contributed by atoms with van der Waals surface area (Å²) in [7, 11) is -3.32. The van der Waals surface area contributed by atoms with Gasteiger partial charge in [0.15, 0.2) is 0 Å². The minimum atomic E-state index is -3.32. The van der Waals surface area contributed by atoms with Gasteiger partial charge in [0.05, 0.1) is 19.0 Å². The summed E-state index contributed by atoms with van der Waals surface area (Å²) in [6, 6.07) is 7.53. The Hall–Kier alpha value is -1.15. The lowest BCUT2D eigenvalue weighted by Gasteiger charge is -2.26. The number of halogens is 1. The summed E-state index contributed by atoms with van der Waals surface area (Å²) < 4.78 is 30.8. The molecule has 2 rings (SSSR count). The standard InChI is InChI=1S/C16H23ClN2O4S/c17-15-6-4-14(5-7-15)2-1-3-16(20)18-8-13-24(21,22)19-9-11-23-12-10-19/h4-7H,1-3,8-13H2,(H,18,20). The molecular weight excluding hydrogens is 352 g/mol. The molecule has 1 heterocycles. The van der Waals surface area contributed by atoms with Crippen LogP contribution < -0.4 is 5.32 Å². The Balaban J connectivity index is 1.63. The highest BCUT2D eigenvalue weighted by Crippen LogP contribution is 2.11. The number of morpholine rings is 1. The summed E-state index contributed by atoms with van der Waals surface area (Å²) in [4.78, 5) is 11.8. The molecule has 1 amide bonds. The molecule has 1 aromatic rings. The van der Waals surface area contributed by atoms with E-state index in [-0.39, 0.29) is 18.2 Å². The number of amides is 1. The van der Waals surface area contributed by atoms with E-state index >= 15 is 0 Å². The molecule has 1 aromatic carbocycles. The molecule has 24 heavy (non-hydrogen) atoms. The molecule has 0 spiro atoms. The molecule has 0 bridgehead atoms. The first-order valence-corrected chi connectivity index (χ1v) is 10.0. The molecule has 0 radical (unpaired) electrons. The second kappa shape index (κ2) is 9.36. The van der Waals surface area contributed by atoms with E-state index in [1.54, 1.807) is 0 Å². The zero-order valence-corrected chi connectivity index (χ0v) is 15.1. The maximum absolute atomic E-state index is 12.1. The van der Waals surface area contributed by atoms with Crippen molar-refractivity contribution in [2.24, 2.45) is 0 Å². The Morgan fingerprint density at radius 3 is 2.54 bits per heavy atom. The maximum Gasteiger partial charge on any atom is 0.220 e. The fraction of sp³-hybridized carbons (Fsp3) is 0.562. The van der Waals surface area contributed by atoms with E-state index in [0.29, 0.717) is 44.2 Å². The number of carbonyl (C=O) groups is 1. The Morgan fingerprint density at radius 2 is 1.88 bits per heavy atom. The molecule has 1 aliphatic heterocycles. The average Bonchev–Trinajstić information content (AvgIpc) is 2.57. The highest BCUT2D eigenvalue weighted by Gasteiger charge is 2.23. The summed E-state index contributed by atoms with van der Waals surface area (Å²) in [6.45, 7) is 1.76. The number of carbonyl (C=O) groups excluding carboxylic acids is 1. The Morgan fingerprint density at radius 1 is 1.21 bits per heavy atom. The molecule has 1 fully saturated rings. The van der Waals surface area contributed by atoms with E-state index in [1.807, 2.05) is 24.3 Å². The number of hydrogen-bond acceptors (Lipinski definition) is 4. The molecule has 1 N–H and O–H groups in total. The monoisotopic (exact) mass is 374 g/mol. The van der Waals surface area contributed by atoms with Gasteiger partial charge in [-0.05, 0) is 30.5 Å². The molecular formula is C16H23ClN2O4S. The van der Waals surface area contributed by atoms with Crippen molar-refractivity contribution in [3.8, 4) is 0 Å². The van der Waals surface area contributed by atoms with Gasteiger partial charge in [-0.25, -0.2) is 8.42 Å². The van der Waals surface area contributed by atoms with Gasteiger partial charge >= 0.3 is 0 Å². The van der Waals surface area contributed by atoms with Crippen LogP contribution in [0.4, 0.5) is 0 Å². The fourth-order valence-corrected chi connectivity index (χ4v) is 3.92. The normalized spacial score (nSPS) is 16.0. The predicted molar refractivity (Wildman–Crippen MR) is 93.6 cm³/mol. The number of benzene rings is 1. The fourth-order valence-electron chi connectivity index (χ4n) is 2.47. The van der Waals surface area contributed by atoms with Crippen LogP contribution in [0.2, 0.25) is 5.02 Å². The van der Waals surface area contributed by atoms with Gasteiger partial charge in [-0.15, -0.1) is 0 Å². The highest BCUT2D eigenvalue weighted by molar-refractivity contribution is 7.89. The smallest absolute Gasteiger partial charge is 0.220 e. The highest BCUT2D eigenvalue weighted by atomic mass is 35.5. The number of ether oxygens (including phenoxy) is 1. The predicted octanol–water partition coefficient (Wildman–Crippen LogP) is 1.44. The van der Waals surface area contributed by atoms with Crippen LogP contribution >= 0.6 is 11.6 Å². The average molecular weight is 375 g/mol. The van der Waals surface area contributed by atoms with E-state index in [9.17, 15) is 13.2 Å². The molecule has 0 aliphatic carbocycles. The minimum Gasteiger partial charge on any atom is -0.379 e. The SMILES string of the molecule is O=C(CCCc1ccc(Cl)cc1)NCCS(=O)(=O)N1CCOCC1. The lowest BCUT2D eigenvalue weighted by atomic mass is 10.1. The molecule has 0 aromatic heterocycles. The summed E-state index contributed by atoms with van der Waals surface area (Å²) in [5, 5.41) is 3.37. The van der Waals surface area contributed by atoms with Gasteiger partial charge in [0.1, 0.15) is 0 Å². The van der Waals surface area contributed by atoms with Crippen LogP contribution in [-0.2, 0) is 26.0 Å². The van der Waals surface area contributed by atoms with Crippen molar-refractivity contribution in [2.75, 3.05) is 38.6 Å². The maximum atomic E-state index is 12.1. The number of nitrogens with one attached hydrogen (secondary N) is 1. The summed E-state index contributed by atoms with van der Waals surface area (Å²) in [6.07, 6.45) is 1.88. The van der Waals surface area contributed by atoms with Crippen LogP contribution in [0.3, 0.4) is 0 Å². The largest absolute Gasteiger partial charge is 0.379 e. The van der Waals surface area contributed by atoms with E-state index in [4.69, 9.17) is 16.3 Å². The van der Waals surface area contributed by atoms with Gasteiger partial charge in [-0.1, -0.05) is 23.7 Å². The number of rotatable bonds is 8. The molecule has 134 valence electrons. The van der Waals surface area contributed by atoms with Gasteiger partial charge < -0.3 is 10.1 Å². The van der Waals surface area contributed by atoms with E-state index in [2.05, 4.69) is 5.32 Å². The van der Waals surface area contributed by atoms with Crippen molar-refractivity contribution in [3.05, 3.63) is 34.9 Å². The number of aryl methyl sites for hydroxylation is 1. The van der Waals surface area contributed by atoms with Gasteiger partial charge in [0.2, 0.25) is 15.9 Å². The summed E-state index contributed by atoms with van der Waals surface area (Å²) in [5.74, 6) is -0.197. The summed E-state index contributed by atoms with van der Waals surface area (Å²) in [5.41, 5.74) is 1.13. The Kier molecular flexibility index (Phi) is 7.48. The van der Waals surface area contributed by atoms with Gasteiger partial charge in [-0.3, -0.25) is 4.79 Å². The molecule has 0 atom stereocenters. The molecule has 1 saturated heterocycles. The third-order valence-corrected chi connectivity index (χ3v) is 5.95. The van der Waals surface area contributed by atoms with E-state index in [0.717, 1.165) is 12.0 Å². The van der Waals surface area contributed by atoms with Gasteiger partial charge in [0.25, 0.3) is 0 Å². The van der Waals surface area contributed by atoms with Crippen LogP contribution in [0.25, 0.3) is 0 Å². The van der Waals surface area contributed by atoms with Crippen molar-refractivity contribution < 1.29 is 17.9 Å². The number of nitrogens with zero attached hydrogens (tertiary/aromatic N) is 1. The first-order valence-electron chi connectivity index (χ1n) is 8.04. The Bertz CT molecular complexity index is 628. The second-order valence-electron chi connectivity index (χ2n) is 5.66. The topological polar surface area (TPSA) is 75.7 Å². The van der Waals surface area contributed by atoms with Crippen molar-refractivity contribution in [3.63, 3.8) is 0 Å². The third kappa shape index (κ3) is 6.39. The number of hydrogen-bond donors (Lipinski definition) is 1. The first kappa shape index (κ1) is 19.2. The minimum absolute atomic E-state index is 0.0735. The van der Waals surface area contributed by atoms with Crippen molar-refractivity contribution in [2.45, 2.75) is 19.3 Å². The van der Waals surface area contributed by atoms with Crippen LogP contribution in [0.1, 0.15) is 18.4 Å². The zero-order valence-electron chi connectivity index (χ0n) is 13.5. The van der Waals surface area contributed by atoms with Crippen LogP contribution in [0, 0.1) is 0 Å². The van der Waals surface area contributed by atoms with Crippen molar-refractivity contribution >= 4 is 27.5 Å². The van der Waals surface area contributed by atoms with Crippen molar-refractivity contribution in [1.29, 1.82) is 0 Å². The second-order valence-corrected chi connectivity index (χ2v) is 8.18. The van der Waals surface area contributed by atoms with Crippen LogP contribution in [-0.4, -0.2) is 57.2 Å². The number of sulfonamides is 1. The van der Waals surface area contributed by atoms with E-state index < -0.39 is 10.0 Å². The van der Waals surface area contributed by atoms with Crippen molar-refractivity contribution in [1.82, 2.24) is 9.62 Å². The lowest BCUT2D eigenvalue weighted by Crippen LogP contribution is -2.43. The van der Waals surface area contributed by atoms with Gasteiger partial charge in [-0.2, -0.15) is 4.31 Å². The van der Waals surface area contributed by atoms with Crippen LogP contribution in [0.5, 0.6) is 0 Å². The zero-order chi connectivity index (χ0) is 17.4. The molecule has 0 unspecified atom stereocenters. The molecule has 1 aliphatic rings. The summed E-state index contributed by atoms with van der Waals surface area (Å²) >= 11 is 5.82. The first-order chi connectivity index (χ1) is 11.5. The third-order valence-electron chi connectivity index (χ3n) is 3.83. The molecule has 6 nitrogen and oxygen atoms in total. The quantitative estimate of drug-likeness (QED) is 0.747. The van der Waals surface area contributed by atoms with Crippen LogP contribution in [0.15, 0.2) is 24.3 Å². The molecule has 8 heteroatoms. The van der Waals surface area contributed by atoms with Gasteiger partial charge in [0, 0.05) is 31.1 Å². The lowest BCUT2D eigenvalue weighted by molar-refractivity contribution is -0.121. The Labute approximate surface area is 148 Å². The van der Waals surface area contributed by atoms with E-state index in [1.165, 1.54) is 4.31 Å². The molecule has 0 saturated carbocycles.